The van der Waals surface area contributed by atoms with Crippen LogP contribution < -0.4 is 14.3 Å². The molecule has 0 bridgehead atoms. The smallest absolute Gasteiger partial charge is 0.506 e. The van der Waals surface area contributed by atoms with Crippen molar-refractivity contribution in [3.63, 3.8) is 0 Å². The molecule has 0 saturated carbocycles. The summed E-state index contributed by atoms with van der Waals surface area (Å²) in [7, 11) is -4.02. The average Bonchev–Trinajstić information content (AvgIpc) is 2.85. The van der Waals surface area contributed by atoms with E-state index in [0.29, 0.717) is 16.9 Å². The predicted octanol–water partition coefficient (Wildman–Crippen LogP) is 5.99. The summed E-state index contributed by atoms with van der Waals surface area (Å²) in [5, 5.41) is 14.7. The molecule has 4 aromatic carbocycles. The van der Waals surface area contributed by atoms with Crippen molar-refractivity contribution in [2.24, 2.45) is 5.10 Å². The molecule has 12 heteroatoms. The van der Waals surface area contributed by atoms with Crippen molar-refractivity contribution in [3.05, 3.63) is 95.0 Å². The lowest BCUT2D eigenvalue weighted by Gasteiger charge is -2.12. The highest BCUT2D eigenvalue weighted by Crippen LogP contribution is 2.29. The summed E-state index contributed by atoms with van der Waals surface area (Å²) in [6.45, 7) is 0.0959. The van der Waals surface area contributed by atoms with Gasteiger partial charge in [0.05, 0.1) is 16.1 Å². The minimum atomic E-state index is -4.76. The van der Waals surface area contributed by atoms with Gasteiger partial charge in [-0.25, -0.2) is 4.83 Å². The van der Waals surface area contributed by atoms with Crippen LogP contribution in [0.4, 0.5) is 13.2 Å². The van der Waals surface area contributed by atoms with Crippen LogP contribution in [0.5, 0.6) is 17.2 Å². The zero-order valence-electron chi connectivity index (χ0n) is 18.7. The molecule has 0 aliphatic rings. The van der Waals surface area contributed by atoms with Gasteiger partial charge in [-0.2, -0.15) is 13.5 Å². The van der Waals surface area contributed by atoms with Crippen LogP contribution in [0.2, 0.25) is 5.02 Å². The number of ether oxygens (including phenoxy) is 2. The van der Waals surface area contributed by atoms with E-state index in [4.69, 9.17) is 16.3 Å². The number of nitrogens with one attached hydrogen (secondary N) is 1. The molecular formula is C25H18ClF3N2O5S. The molecule has 37 heavy (non-hydrogen) atoms. The van der Waals surface area contributed by atoms with E-state index in [1.165, 1.54) is 36.5 Å². The number of benzene rings is 4. The third-order valence-corrected chi connectivity index (χ3v) is 6.60. The Bertz CT molecular complexity index is 1560. The maximum Gasteiger partial charge on any atom is 0.573 e. The van der Waals surface area contributed by atoms with E-state index in [1.807, 2.05) is 6.07 Å². The monoisotopic (exact) mass is 550 g/mol. The number of rotatable bonds is 8. The Morgan fingerprint density at radius 2 is 1.68 bits per heavy atom. The summed E-state index contributed by atoms with van der Waals surface area (Å²) in [4.78, 5) is 1.94. The van der Waals surface area contributed by atoms with E-state index in [-0.39, 0.29) is 28.0 Å². The van der Waals surface area contributed by atoms with Crippen LogP contribution in [0.15, 0.2) is 88.9 Å². The Balaban J connectivity index is 1.49. The number of sulfonamides is 1. The molecule has 0 unspecified atom stereocenters. The number of halogens is 4. The van der Waals surface area contributed by atoms with Gasteiger partial charge in [0.2, 0.25) is 0 Å². The third-order valence-electron chi connectivity index (χ3n) is 5.08. The fourth-order valence-corrected chi connectivity index (χ4v) is 4.42. The summed E-state index contributed by atoms with van der Waals surface area (Å²) in [6.07, 6.45) is -3.42. The van der Waals surface area contributed by atoms with E-state index in [9.17, 15) is 26.7 Å². The van der Waals surface area contributed by atoms with Crippen LogP contribution >= 0.6 is 11.6 Å². The van der Waals surface area contributed by atoms with Crippen LogP contribution in [-0.2, 0) is 16.6 Å². The van der Waals surface area contributed by atoms with Crippen LogP contribution in [-0.4, -0.2) is 26.1 Å². The average molecular weight is 551 g/mol. The van der Waals surface area contributed by atoms with Gasteiger partial charge in [-0.15, -0.1) is 13.2 Å². The number of alkyl halides is 3. The molecule has 0 radical (unpaired) electrons. The number of phenols is 1. The van der Waals surface area contributed by atoms with Gasteiger partial charge in [0.1, 0.15) is 23.9 Å². The second kappa shape index (κ2) is 10.6. The zero-order chi connectivity index (χ0) is 26.6. The van der Waals surface area contributed by atoms with Gasteiger partial charge in [-0.05, 0) is 53.4 Å². The number of phenolic OH excluding ortho intramolecular Hbond substituents is 1. The highest BCUT2D eigenvalue weighted by molar-refractivity contribution is 7.89. The SMILES string of the molecule is O=S(=O)(N/N=C/c1ccc(OCc2ccc(OC(F)(F)F)cc2)c2ccccc12)c1ccc(O)c(Cl)c1. The highest BCUT2D eigenvalue weighted by atomic mass is 35.5. The molecule has 0 fully saturated rings. The lowest BCUT2D eigenvalue weighted by atomic mass is 10.0. The maximum atomic E-state index is 12.5. The fraction of sp³-hybridized carbons (Fsp3) is 0.0800. The minimum absolute atomic E-state index is 0.0959. The topological polar surface area (TPSA) is 97.2 Å². The molecule has 2 N–H and O–H groups in total. The normalized spacial score (nSPS) is 12.1. The molecule has 4 rings (SSSR count). The van der Waals surface area contributed by atoms with Gasteiger partial charge in [-0.3, -0.25) is 0 Å². The summed E-state index contributed by atoms with van der Waals surface area (Å²) >= 11 is 5.79. The number of hydrogen-bond donors (Lipinski definition) is 2. The third kappa shape index (κ3) is 6.63. The lowest BCUT2D eigenvalue weighted by Crippen LogP contribution is -2.18. The Hall–Kier alpha value is -3.96. The Morgan fingerprint density at radius 3 is 2.35 bits per heavy atom. The molecular weight excluding hydrogens is 533 g/mol. The number of nitrogens with zero attached hydrogens (tertiary/aromatic N) is 1. The van der Waals surface area contributed by atoms with Crippen molar-refractivity contribution in [3.8, 4) is 17.2 Å². The van der Waals surface area contributed by atoms with Crippen molar-refractivity contribution >= 4 is 38.6 Å². The maximum absolute atomic E-state index is 12.5. The largest absolute Gasteiger partial charge is 0.573 e. The number of aromatic hydroxyl groups is 1. The van der Waals surface area contributed by atoms with Crippen molar-refractivity contribution in [1.82, 2.24) is 4.83 Å². The second-order valence-corrected chi connectivity index (χ2v) is 9.71. The molecule has 0 aliphatic carbocycles. The molecule has 0 spiro atoms. The molecule has 7 nitrogen and oxygen atoms in total. The van der Waals surface area contributed by atoms with E-state index in [0.717, 1.165) is 22.9 Å². The van der Waals surface area contributed by atoms with Gasteiger partial charge >= 0.3 is 6.36 Å². The van der Waals surface area contributed by atoms with Crippen molar-refractivity contribution in [2.45, 2.75) is 17.9 Å². The van der Waals surface area contributed by atoms with Gasteiger partial charge in [0.15, 0.2) is 0 Å². The summed E-state index contributed by atoms with van der Waals surface area (Å²) in [6, 6.07) is 19.4. The molecule has 0 amide bonds. The summed E-state index contributed by atoms with van der Waals surface area (Å²) < 4.78 is 71.7. The first-order valence-electron chi connectivity index (χ1n) is 10.5. The van der Waals surface area contributed by atoms with Gasteiger partial charge in [0, 0.05) is 10.9 Å². The first-order valence-corrected chi connectivity index (χ1v) is 12.4. The van der Waals surface area contributed by atoms with E-state index < -0.39 is 16.4 Å². The van der Waals surface area contributed by atoms with Gasteiger partial charge in [-0.1, -0.05) is 48.0 Å². The lowest BCUT2D eigenvalue weighted by molar-refractivity contribution is -0.274. The summed E-state index contributed by atoms with van der Waals surface area (Å²) in [5.74, 6) is -0.0532. The molecule has 0 heterocycles. The standard InChI is InChI=1S/C25H18ClF3N2O5S/c26-22-13-19(10-11-23(22)32)37(33,34)31-30-14-17-7-12-24(21-4-2-1-3-20(17)21)35-15-16-5-8-18(9-6-16)36-25(27,28)29/h1-14,31-32H,15H2/b30-14+. The van der Waals surface area contributed by atoms with Crippen LogP contribution in [0, 0.1) is 0 Å². The number of hydrogen-bond acceptors (Lipinski definition) is 6. The van der Waals surface area contributed by atoms with E-state index in [1.54, 1.807) is 30.3 Å². The summed E-state index contributed by atoms with van der Waals surface area (Å²) in [5.41, 5.74) is 1.23. The quantitative estimate of drug-likeness (QED) is 0.207. The Kier molecular flexibility index (Phi) is 7.46. The fourth-order valence-electron chi connectivity index (χ4n) is 3.35. The van der Waals surface area contributed by atoms with E-state index >= 15 is 0 Å². The Labute approximate surface area is 214 Å². The zero-order valence-corrected chi connectivity index (χ0v) is 20.3. The van der Waals surface area contributed by atoms with Gasteiger partial charge in [0.25, 0.3) is 10.0 Å². The van der Waals surface area contributed by atoms with Crippen LogP contribution in [0.25, 0.3) is 10.8 Å². The number of fused-ring (bicyclic) bond motifs is 1. The first kappa shape index (κ1) is 26.1. The molecule has 0 aromatic heterocycles. The Morgan fingerprint density at radius 1 is 0.973 bits per heavy atom. The van der Waals surface area contributed by atoms with Crippen molar-refractivity contribution in [2.75, 3.05) is 0 Å². The van der Waals surface area contributed by atoms with Crippen molar-refractivity contribution < 1.29 is 36.2 Å². The highest BCUT2D eigenvalue weighted by Gasteiger charge is 2.30. The molecule has 0 atom stereocenters. The van der Waals surface area contributed by atoms with Crippen LogP contribution in [0.1, 0.15) is 11.1 Å². The first-order chi connectivity index (χ1) is 17.5. The molecule has 192 valence electrons. The van der Waals surface area contributed by atoms with E-state index in [2.05, 4.69) is 14.7 Å². The number of hydrazone groups is 1. The minimum Gasteiger partial charge on any atom is -0.506 e. The van der Waals surface area contributed by atoms with Crippen LogP contribution in [0.3, 0.4) is 0 Å². The molecule has 0 aliphatic heterocycles. The predicted molar refractivity (Wildman–Crippen MR) is 132 cm³/mol. The van der Waals surface area contributed by atoms with Gasteiger partial charge < -0.3 is 14.6 Å². The molecule has 4 aromatic rings. The van der Waals surface area contributed by atoms with Crippen molar-refractivity contribution in [1.29, 1.82) is 0 Å². The second-order valence-electron chi connectivity index (χ2n) is 7.65. The molecule has 0 saturated heterocycles.